The topological polar surface area (TPSA) is 35.5 Å². The van der Waals surface area contributed by atoms with Crippen LogP contribution >= 0.6 is 0 Å². The molecule has 3 rings (SSSR count). The van der Waals surface area contributed by atoms with Gasteiger partial charge in [-0.05, 0) is 0 Å². The second kappa shape index (κ2) is 7.98. The molecule has 0 saturated carbocycles. The average Bonchev–Trinajstić information content (AvgIpc) is 3.01. The van der Waals surface area contributed by atoms with Gasteiger partial charge in [0.2, 0.25) is 0 Å². The number of rotatable bonds is 5. The van der Waals surface area contributed by atoms with E-state index in [1.54, 1.807) is 0 Å². The molecule has 0 radical (unpaired) electrons. The molecule has 4 heteroatoms. The van der Waals surface area contributed by atoms with Crippen LogP contribution in [-0.2, 0) is 14.3 Å². The number of esters is 1. The molecule has 24 heavy (non-hydrogen) atoms. The summed E-state index contributed by atoms with van der Waals surface area (Å²) in [4.78, 5) is 12.8. The maximum absolute atomic E-state index is 12.6. The van der Waals surface area contributed by atoms with Crippen LogP contribution in [0.1, 0.15) is 25.0 Å². The Balaban J connectivity index is 1.93. The third-order valence-electron chi connectivity index (χ3n) is 4.39. The van der Waals surface area contributed by atoms with Gasteiger partial charge in [-0.2, -0.15) is 0 Å². The average molecular weight is 389 g/mol. The molecule has 2 aromatic rings. The first kappa shape index (κ1) is 17.2. The van der Waals surface area contributed by atoms with Crippen molar-refractivity contribution in [3.05, 3.63) is 66.2 Å². The number of carbonyl (C=O) groups excluding carboxylic acids is 1. The zero-order valence-corrected chi connectivity index (χ0v) is 15.6. The standard InChI is InChI=1S/C20H22O3Se/c1-3-16-19(24-15-12-8-5-9-13-15)17(20(21)22-2)18(23-16)14-10-6-4-7-11-14/h4-13,16-19H,3H2,1-2H3/t16-,17-,18+,19-/m0/s1. The monoisotopic (exact) mass is 390 g/mol. The minimum atomic E-state index is -0.248. The van der Waals surface area contributed by atoms with Gasteiger partial charge in [0, 0.05) is 0 Å². The molecule has 0 bridgehead atoms. The van der Waals surface area contributed by atoms with Gasteiger partial charge in [-0.15, -0.1) is 0 Å². The molecule has 1 aliphatic heterocycles. The van der Waals surface area contributed by atoms with E-state index in [1.165, 1.54) is 11.6 Å². The number of methoxy groups -OCH3 is 1. The number of hydrogen-bond acceptors (Lipinski definition) is 3. The first-order valence-electron chi connectivity index (χ1n) is 8.24. The Hall–Kier alpha value is -1.61. The molecule has 0 aliphatic carbocycles. The van der Waals surface area contributed by atoms with Crippen molar-refractivity contribution in [2.75, 3.05) is 7.11 Å². The molecule has 2 aromatic carbocycles. The zero-order valence-electron chi connectivity index (χ0n) is 13.9. The molecule has 0 spiro atoms. The summed E-state index contributed by atoms with van der Waals surface area (Å²) in [7, 11) is 1.47. The first-order valence-corrected chi connectivity index (χ1v) is 10.1. The Morgan fingerprint density at radius 3 is 2.29 bits per heavy atom. The molecule has 1 aliphatic rings. The summed E-state index contributed by atoms with van der Waals surface area (Å²) in [6, 6.07) is 20.4. The second-order valence-electron chi connectivity index (χ2n) is 5.86. The molecule has 3 nitrogen and oxygen atoms in total. The fraction of sp³-hybridized carbons (Fsp3) is 0.350. The quantitative estimate of drug-likeness (QED) is 0.582. The van der Waals surface area contributed by atoms with Crippen LogP contribution in [0, 0.1) is 5.92 Å². The molecule has 1 heterocycles. The maximum atomic E-state index is 12.6. The molecule has 0 amide bonds. The normalized spacial score (nSPS) is 26.2. The number of carbonyl (C=O) groups is 1. The van der Waals surface area contributed by atoms with Crippen molar-refractivity contribution >= 4 is 25.4 Å². The van der Waals surface area contributed by atoms with E-state index in [9.17, 15) is 4.79 Å². The van der Waals surface area contributed by atoms with Gasteiger partial charge in [0.1, 0.15) is 0 Å². The fourth-order valence-electron chi connectivity index (χ4n) is 3.21. The minimum absolute atomic E-state index is 0.0829. The van der Waals surface area contributed by atoms with Gasteiger partial charge in [-0.1, -0.05) is 0 Å². The summed E-state index contributed by atoms with van der Waals surface area (Å²) < 4.78 is 12.8. The molecule has 0 unspecified atom stereocenters. The van der Waals surface area contributed by atoms with Crippen LogP contribution in [0.25, 0.3) is 0 Å². The predicted molar refractivity (Wildman–Crippen MR) is 95.4 cm³/mol. The van der Waals surface area contributed by atoms with Crippen LogP contribution in [-0.4, -0.2) is 34.1 Å². The van der Waals surface area contributed by atoms with Crippen molar-refractivity contribution in [3.8, 4) is 0 Å². The molecular formula is C20H22O3Se. The Morgan fingerprint density at radius 2 is 1.71 bits per heavy atom. The van der Waals surface area contributed by atoms with Crippen LogP contribution in [0.2, 0.25) is 4.82 Å². The molecule has 0 aromatic heterocycles. The molecule has 1 saturated heterocycles. The number of hydrogen-bond donors (Lipinski definition) is 0. The summed E-state index contributed by atoms with van der Waals surface area (Å²) in [5, 5.41) is 0. The summed E-state index contributed by atoms with van der Waals surface area (Å²) >= 11 is 0.157. The number of ether oxygens (including phenoxy) is 2. The third-order valence-corrected chi connectivity index (χ3v) is 7.35. The molecule has 0 N–H and O–H groups in total. The van der Waals surface area contributed by atoms with E-state index in [0.29, 0.717) is 0 Å². The van der Waals surface area contributed by atoms with Crippen LogP contribution in [0.5, 0.6) is 0 Å². The van der Waals surface area contributed by atoms with Gasteiger partial charge in [-0.25, -0.2) is 0 Å². The predicted octanol–water partition coefficient (Wildman–Crippen LogP) is 3.14. The first-order chi connectivity index (χ1) is 11.7. The Morgan fingerprint density at radius 1 is 1.08 bits per heavy atom. The van der Waals surface area contributed by atoms with Crippen LogP contribution < -0.4 is 4.46 Å². The number of benzene rings is 2. The Bertz CT molecular complexity index is 659. The van der Waals surface area contributed by atoms with E-state index in [4.69, 9.17) is 9.47 Å². The van der Waals surface area contributed by atoms with E-state index in [2.05, 4.69) is 31.2 Å². The van der Waals surface area contributed by atoms with E-state index in [0.717, 1.165) is 12.0 Å². The van der Waals surface area contributed by atoms with Crippen LogP contribution in [0.3, 0.4) is 0 Å². The fourth-order valence-corrected chi connectivity index (χ4v) is 6.23. The second-order valence-corrected chi connectivity index (χ2v) is 8.48. The van der Waals surface area contributed by atoms with Gasteiger partial charge >= 0.3 is 149 Å². The molecular weight excluding hydrogens is 367 g/mol. The zero-order chi connectivity index (χ0) is 16.9. The molecule has 126 valence electrons. The van der Waals surface area contributed by atoms with Crippen molar-refractivity contribution in [1.82, 2.24) is 0 Å². The van der Waals surface area contributed by atoms with Gasteiger partial charge < -0.3 is 0 Å². The van der Waals surface area contributed by atoms with Crippen molar-refractivity contribution in [2.24, 2.45) is 5.92 Å². The van der Waals surface area contributed by atoms with Crippen molar-refractivity contribution in [2.45, 2.75) is 30.4 Å². The van der Waals surface area contributed by atoms with Crippen LogP contribution in [0.4, 0.5) is 0 Å². The van der Waals surface area contributed by atoms with Gasteiger partial charge in [-0.3, -0.25) is 0 Å². The summed E-state index contributed by atoms with van der Waals surface area (Å²) in [6.45, 7) is 2.13. The van der Waals surface area contributed by atoms with Crippen molar-refractivity contribution < 1.29 is 14.3 Å². The van der Waals surface area contributed by atoms with Crippen molar-refractivity contribution in [3.63, 3.8) is 0 Å². The summed E-state index contributed by atoms with van der Waals surface area (Å²) in [5.41, 5.74) is 1.05. The molecule has 4 atom stereocenters. The van der Waals surface area contributed by atoms with E-state index >= 15 is 0 Å². The summed E-state index contributed by atoms with van der Waals surface area (Å²) in [5.74, 6) is -0.412. The van der Waals surface area contributed by atoms with Crippen LogP contribution in [0.15, 0.2) is 60.7 Å². The molecule has 1 fully saturated rings. The van der Waals surface area contributed by atoms with E-state index < -0.39 is 0 Å². The van der Waals surface area contributed by atoms with E-state index in [-0.39, 0.29) is 43.9 Å². The Kier molecular flexibility index (Phi) is 5.72. The van der Waals surface area contributed by atoms with Gasteiger partial charge in [0.15, 0.2) is 0 Å². The van der Waals surface area contributed by atoms with Crippen molar-refractivity contribution in [1.29, 1.82) is 0 Å². The van der Waals surface area contributed by atoms with Gasteiger partial charge in [0.25, 0.3) is 0 Å². The SMILES string of the molecule is CC[C@@H]1O[C@H](c2ccccc2)[C@H](C(=O)OC)[C@H]1[Se]c1ccccc1. The van der Waals surface area contributed by atoms with Gasteiger partial charge in [0.05, 0.1) is 0 Å². The third kappa shape index (κ3) is 3.56. The van der Waals surface area contributed by atoms with E-state index in [1.807, 2.05) is 36.4 Å². The Labute approximate surface area is 149 Å². The summed E-state index contributed by atoms with van der Waals surface area (Å²) in [6.07, 6.45) is 0.759.